The van der Waals surface area contributed by atoms with Crippen molar-refractivity contribution in [1.82, 2.24) is 9.55 Å². The van der Waals surface area contributed by atoms with Gasteiger partial charge in [0.05, 0.1) is 22.7 Å². The first-order chi connectivity index (χ1) is 11.6. The number of benzene rings is 2. The Bertz CT molecular complexity index is 927. The van der Waals surface area contributed by atoms with E-state index in [1.807, 2.05) is 13.8 Å². The van der Waals surface area contributed by atoms with Crippen LogP contribution in [0, 0.1) is 25.2 Å². The zero-order valence-electron chi connectivity index (χ0n) is 14.4. The minimum atomic E-state index is 0.656. The van der Waals surface area contributed by atoms with Gasteiger partial charge in [-0.1, -0.05) is 19.1 Å². The molecule has 24 heavy (non-hydrogen) atoms. The molecule has 0 aliphatic heterocycles. The second-order valence-corrected chi connectivity index (χ2v) is 6.10. The van der Waals surface area contributed by atoms with Crippen LogP contribution < -0.4 is 5.73 Å². The van der Waals surface area contributed by atoms with Gasteiger partial charge >= 0.3 is 0 Å². The number of nitrogens with two attached hydrogens (primary N) is 1. The molecule has 3 aromatic rings. The van der Waals surface area contributed by atoms with Crippen LogP contribution in [-0.4, -0.2) is 16.1 Å². The van der Waals surface area contributed by atoms with Crippen molar-refractivity contribution in [2.45, 2.75) is 33.6 Å². The molecule has 1 aromatic heterocycles. The van der Waals surface area contributed by atoms with E-state index in [-0.39, 0.29) is 0 Å². The van der Waals surface area contributed by atoms with Gasteiger partial charge < -0.3 is 5.73 Å². The molecule has 3 rings (SSSR count). The first-order valence-electron chi connectivity index (χ1n) is 8.31. The fourth-order valence-corrected chi connectivity index (χ4v) is 3.26. The van der Waals surface area contributed by atoms with Crippen molar-refractivity contribution < 1.29 is 0 Å². The molecule has 4 heteroatoms. The summed E-state index contributed by atoms with van der Waals surface area (Å²) in [6.07, 6.45) is 1.72. The van der Waals surface area contributed by atoms with Gasteiger partial charge in [-0.2, -0.15) is 5.26 Å². The maximum Gasteiger partial charge on any atom is 0.114 e. The molecule has 0 saturated carbocycles. The van der Waals surface area contributed by atoms with E-state index >= 15 is 0 Å². The normalized spacial score (nSPS) is 11.0. The Balaban J connectivity index is 2.25. The Hall–Kier alpha value is -2.64. The molecule has 0 aliphatic rings. The molecule has 0 amide bonds. The molecule has 4 nitrogen and oxygen atoms in total. The lowest BCUT2D eigenvalue weighted by Crippen LogP contribution is -2.04. The molecule has 0 saturated heterocycles. The third-order valence-electron chi connectivity index (χ3n) is 4.52. The standard InChI is InChI=1S/C20H22N4/c1-4-19-23-20-14(3)17(12-22)13(2)11-18(20)24(19)16-7-5-15(6-8-16)9-10-21/h5-8,11H,4,9-10,21H2,1-3H3. The number of hydrogen-bond acceptors (Lipinski definition) is 3. The van der Waals surface area contributed by atoms with Crippen LogP contribution >= 0.6 is 0 Å². The lowest BCUT2D eigenvalue weighted by Gasteiger charge is -2.10. The highest BCUT2D eigenvalue weighted by Crippen LogP contribution is 2.28. The highest BCUT2D eigenvalue weighted by molar-refractivity contribution is 5.85. The number of aryl methyl sites for hydroxylation is 3. The number of rotatable bonds is 4. The third kappa shape index (κ3) is 2.57. The lowest BCUT2D eigenvalue weighted by molar-refractivity contribution is 0.905. The minimum Gasteiger partial charge on any atom is -0.330 e. The van der Waals surface area contributed by atoms with Gasteiger partial charge in [-0.25, -0.2) is 4.98 Å². The Labute approximate surface area is 142 Å². The van der Waals surface area contributed by atoms with Gasteiger partial charge in [-0.3, -0.25) is 4.57 Å². The molecule has 2 aromatic carbocycles. The largest absolute Gasteiger partial charge is 0.330 e. The van der Waals surface area contributed by atoms with E-state index in [9.17, 15) is 5.26 Å². The van der Waals surface area contributed by atoms with Gasteiger partial charge in [-0.15, -0.1) is 0 Å². The number of hydrogen-bond donors (Lipinski definition) is 1. The molecule has 0 bridgehead atoms. The van der Waals surface area contributed by atoms with Crippen LogP contribution in [-0.2, 0) is 12.8 Å². The number of imidazole rings is 1. The predicted octanol–water partition coefficient (Wildman–Crippen LogP) is 3.58. The summed E-state index contributed by atoms with van der Waals surface area (Å²) in [4.78, 5) is 4.81. The molecule has 122 valence electrons. The quantitative estimate of drug-likeness (QED) is 0.799. The maximum atomic E-state index is 9.40. The van der Waals surface area contributed by atoms with E-state index in [2.05, 4.69) is 47.9 Å². The second kappa shape index (κ2) is 6.46. The van der Waals surface area contributed by atoms with Crippen molar-refractivity contribution in [3.8, 4) is 11.8 Å². The zero-order chi connectivity index (χ0) is 17.3. The average Bonchev–Trinajstić information content (AvgIpc) is 2.95. The summed E-state index contributed by atoms with van der Waals surface area (Å²) >= 11 is 0. The van der Waals surface area contributed by atoms with Gasteiger partial charge in [0, 0.05) is 12.1 Å². The van der Waals surface area contributed by atoms with E-state index in [1.165, 1.54) is 5.56 Å². The molecule has 0 unspecified atom stereocenters. The predicted molar refractivity (Wildman–Crippen MR) is 97.4 cm³/mol. The summed E-state index contributed by atoms with van der Waals surface area (Å²) in [5, 5.41) is 9.40. The molecule has 0 spiro atoms. The Morgan fingerprint density at radius 3 is 2.50 bits per heavy atom. The van der Waals surface area contributed by atoms with E-state index in [1.54, 1.807) is 0 Å². The fourth-order valence-electron chi connectivity index (χ4n) is 3.26. The third-order valence-corrected chi connectivity index (χ3v) is 4.52. The maximum absolute atomic E-state index is 9.40. The van der Waals surface area contributed by atoms with Crippen molar-refractivity contribution in [2.24, 2.45) is 5.73 Å². The second-order valence-electron chi connectivity index (χ2n) is 6.10. The summed E-state index contributed by atoms with van der Waals surface area (Å²) in [5.41, 5.74) is 12.6. The van der Waals surface area contributed by atoms with Crippen LogP contribution in [0.4, 0.5) is 0 Å². The van der Waals surface area contributed by atoms with E-state index in [0.717, 1.165) is 52.1 Å². The van der Waals surface area contributed by atoms with Crippen LogP contribution in [0.2, 0.25) is 0 Å². The molecule has 0 aliphatic carbocycles. The lowest BCUT2D eigenvalue weighted by atomic mass is 10.0. The SMILES string of the molecule is CCc1nc2c(C)c(C#N)c(C)cc2n1-c1ccc(CCN)cc1. The summed E-state index contributed by atoms with van der Waals surface area (Å²) in [7, 11) is 0. The van der Waals surface area contributed by atoms with Gasteiger partial charge in [0.15, 0.2) is 0 Å². The van der Waals surface area contributed by atoms with E-state index in [4.69, 9.17) is 10.7 Å². The van der Waals surface area contributed by atoms with Crippen LogP contribution in [0.1, 0.15) is 35.0 Å². The van der Waals surface area contributed by atoms with Gasteiger partial charge in [0.1, 0.15) is 5.82 Å². The average molecular weight is 318 g/mol. The zero-order valence-corrected chi connectivity index (χ0v) is 14.4. The van der Waals surface area contributed by atoms with Crippen molar-refractivity contribution in [3.05, 3.63) is 58.4 Å². The van der Waals surface area contributed by atoms with Crippen molar-refractivity contribution in [3.63, 3.8) is 0 Å². The summed E-state index contributed by atoms with van der Waals surface area (Å²) in [5.74, 6) is 1.01. The Kier molecular flexibility index (Phi) is 4.37. The number of fused-ring (bicyclic) bond motifs is 1. The summed E-state index contributed by atoms with van der Waals surface area (Å²) < 4.78 is 2.20. The van der Waals surface area contributed by atoms with Crippen molar-refractivity contribution in [1.29, 1.82) is 5.26 Å². The van der Waals surface area contributed by atoms with Gasteiger partial charge in [-0.05, 0) is 61.7 Å². The summed E-state index contributed by atoms with van der Waals surface area (Å²) in [6.45, 7) is 6.73. The molecular weight excluding hydrogens is 296 g/mol. The number of nitrogens with zero attached hydrogens (tertiary/aromatic N) is 3. The first kappa shape index (κ1) is 16.2. The van der Waals surface area contributed by atoms with Crippen LogP contribution in [0.15, 0.2) is 30.3 Å². The van der Waals surface area contributed by atoms with E-state index < -0.39 is 0 Å². The van der Waals surface area contributed by atoms with Crippen LogP contribution in [0.5, 0.6) is 0 Å². The molecule has 0 fully saturated rings. The number of aromatic nitrogens is 2. The van der Waals surface area contributed by atoms with Crippen molar-refractivity contribution >= 4 is 11.0 Å². The monoisotopic (exact) mass is 318 g/mol. The van der Waals surface area contributed by atoms with Gasteiger partial charge in [0.2, 0.25) is 0 Å². The molecular formula is C20H22N4. The van der Waals surface area contributed by atoms with Crippen LogP contribution in [0.25, 0.3) is 16.7 Å². The molecule has 0 radical (unpaired) electrons. The highest BCUT2D eigenvalue weighted by Gasteiger charge is 2.16. The topological polar surface area (TPSA) is 67.6 Å². The number of nitriles is 1. The van der Waals surface area contributed by atoms with Crippen LogP contribution in [0.3, 0.4) is 0 Å². The molecule has 1 heterocycles. The Morgan fingerprint density at radius 2 is 1.92 bits per heavy atom. The van der Waals surface area contributed by atoms with Crippen molar-refractivity contribution in [2.75, 3.05) is 6.54 Å². The van der Waals surface area contributed by atoms with E-state index in [0.29, 0.717) is 6.54 Å². The highest BCUT2D eigenvalue weighted by atomic mass is 15.1. The fraction of sp³-hybridized carbons (Fsp3) is 0.300. The first-order valence-corrected chi connectivity index (χ1v) is 8.31. The van der Waals surface area contributed by atoms with Gasteiger partial charge in [0.25, 0.3) is 0 Å². The smallest absolute Gasteiger partial charge is 0.114 e. The summed E-state index contributed by atoms with van der Waals surface area (Å²) in [6, 6.07) is 12.9. The molecule has 0 atom stereocenters. The molecule has 2 N–H and O–H groups in total. The Morgan fingerprint density at radius 1 is 1.21 bits per heavy atom. The minimum absolute atomic E-state index is 0.656.